The van der Waals surface area contributed by atoms with Gasteiger partial charge < -0.3 is 9.84 Å². The van der Waals surface area contributed by atoms with Gasteiger partial charge in [0.1, 0.15) is 0 Å². The Balaban J connectivity index is 1.82. The second-order valence-electron chi connectivity index (χ2n) is 5.79. The molecule has 120 valence electrons. The van der Waals surface area contributed by atoms with Crippen LogP contribution in [0.1, 0.15) is 30.5 Å². The van der Waals surface area contributed by atoms with Crippen LogP contribution in [0.15, 0.2) is 5.38 Å². The van der Waals surface area contributed by atoms with E-state index in [1.807, 2.05) is 0 Å². The highest BCUT2D eigenvalue weighted by atomic mass is 32.1. The Hall–Kier alpha value is -0.530. The summed E-state index contributed by atoms with van der Waals surface area (Å²) in [7, 11) is 0. The number of aliphatic hydroxyl groups is 1. The molecule has 5 nitrogen and oxygen atoms in total. The summed E-state index contributed by atoms with van der Waals surface area (Å²) in [4.78, 5) is 9.40. The van der Waals surface area contributed by atoms with E-state index in [1.165, 1.54) is 5.01 Å². The molecule has 0 saturated carbocycles. The lowest BCUT2D eigenvalue weighted by Crippen LogP contribution is -2.41. The first-order chi connectivity index (χ1) is 10.2. The lowest BCUT2D eigenvalue weighted by Gasteiger charge is -2.29. The van der Waals surface area contributed by atoms with Gasteiger partial charge in [-0.2, -0.15) is 0 Å². The Morgan fingerprint density at radius 3 is 2.76 bits per heavy atom. The molecule has 0 unspecified atom stereocenters. The van der Waals surface area contributed by atoms with E-state index >= 15 is 0 Å². The molecule has 1 aliphatic rings. The van der Waals surface area contributed by atoms with Gasteiger partial charge in [-0.15, -0.1) is 11.3 Å². The maximum Gasteiger partial charge on any atom is 0.0954 e. The lowest BCUT2D eigenvalue weighted by molar-refractivity contribution is 0.0319. The molecule has 1 saturated heterocycles. The molecule has 2 rings (SSSR count). The van der Waals surface area contributed by atoms with Crippen LogP contribution in [0.2, 0.25) is 0 Å². The SMILES string of the molecule is CC(C)c1nc(CN(CCO)CCN2CCOCC2)cs1. The number of aromatic nitrogens is 1. The first-order valence-electron chi connectivity index (χ1n) is 7.76. The van der Waals surface area contributed by atoms with Crippen LogP contribution in [-0.2, 0) is 11.3 Å². The molecule has 0 aromatic carbocycles. The number of aliphatic hydroxyl groups excluding tert-OH is 1. The highest BCUT2D eigenvalue weighted by Crippen LogP contribution is 2.19. The van der Waals surface area contributed by atoms with Gasteiger partial charge >= 0.3 is 0 Å². The Bertz CT molecular complexity index is 405. The summed E-state index contributed by atoms with van der Waals surface area (Å²) >= 11 is 1.74. The quantitative estimate of drug-likeness (QED) is 0.786. The third kappa shape index (κ3) is 5.64. The first-order valence-corrected chi connectivity index (χ1v) is 8.64. The van der Waals surface area contributed by atoms with Gasteiger partial charge in [0, 0.05) is 50.6 Å². The standard InChI is InChI=1S/C15H27N3O2S/c1-13(2)15-16-14(12-21-15)11-18(5-8-19)4-3-17-6-9-20-10-7-17/h12-13,19H,3-11H2,1-2H3. The number of nitrogens with zero attached hydrogens (tertiary/aromatic N) is 3. The minimum atomic E-state index is 0.199. The molecule has 2 heterocycles. The van der Waals surface area contributed by atoms with Crippen molar-refractivity contribution in [2.45, 2.75) is 26.3 Å². The van der Waals surface area contributed by atoms with Gasteiger partial charge in [-0.1, -0.05) is 13.8 Å². The summed E-state index contributed by atoms with van der Waals surface area (Å²) in [5.74, 6) is 0.489. The molecular formula is C15H27N3O2S. The van der Waals surface area contributed by atoms with Gasteiger partial charge in [0.2, 0.25) is 0 Å². The van der Waals surface area contributed by atoms with Crippen molar-refractivity contribution >= 4 is 11.3 Å². The van der Waals surface area contributed by atoms with E-state index < -0.39 is 0 Å². The van der Waals surface area contributed by atoms with Gasteiger partial charge in [-0.05, 0) is 0 Å². The van der Waals surface area contributed by atoms with E-state index in [0.29, 0.717) is 12.5 Å². The summed E-state index contributed by atoms with van der Waals surface area (Å²) < 4.78 is 5.37. The maximum atomic E-state index is 9.25. The Morgan fingerprint density at radius 2 is 2.14 bits per heavy atom. The van der Waals surface area contributed by atoms with Crippen molar-refractivity contribution in [3.05, 3.63) is 16.1 Å². The number of hydrogen-bond acceptors (Lipinski definition) is 6. The largest absolute Gasteiger partial charge is 0.395 e. The fourth-order valence-electron chi connectivity index (χ4n) is 2.41. The first kappa shape index (κ1) is 16.8. The Labute approximate surface area is 131 Å². The molecule has 0 amide bonds. The third-order valence-electron chi connectivity index (χ3n) is 3.70. The van der Waals surface area contributed by atoms with Crippen molar-refractivity contribution in [2.24, 2.45) is 0 Å². The maximum absolute atomic E-state index is 9.25. The van der Waals surface area contributed by atoms with Crippen molar-refractivity contribution < 1.29 is 9.84 Å². The minimum absolute atomic E-state index is 0.199. The molecular weight excluding hydrogens is 286 g/mol. The lowest BCUT2D eigenvalue weighted by atomic mass is 10.2. The van der Waals surface area contributed by atoms with Gasteiger partial charge in [0.25, 0.3) is 0 Å². The minimum Gasteiger partial charge on any atom is -0.395 e. The highest BCUT2D eigenvalue weighted by molar-refractivity contribution is 7.09. The summed E-state index contributed by atoms with van der Waals surface area (Å²) in [5.41, 5.74) is 1.12. The van der Waals surface area contributed by atoms with E-state index in [9.17, 15) is 5.11 Å². The predicted molar refractivity (Wildman–Crippen MR) is 85.8 cm³/mol. The molecule has 1 N–H and O–H groups in total. The second kappa shape index (κ2) is 8.80. The van der Waals surface area contributed by atoms with E-state index in [1.54, 1.807) is 11.3 Å². The molecule has 0 radical (unpaired) electrons. The molecule has 1 aromatic rings. The van der Waals surface area contributed by atoms with Gasteiger partial charge in [0.05, 0.1) is 30.5 Å². The average Bonchev–Trinajstić information content (AvgIpc) is 2.95. The number of ether oxygens (including phenoxy) is 1. The predicted octanol–water partition coefficient (Wildman–Crippen LogP) is 1.39. The summed E-state index contributed by atoms with van der Waals surface area (Å²) in [6.07, 6.45) is 0. The monoisotopic (exact) mass is 313 g/mol. The number of rotatable bonds is 8. The number of thiazole rings is 1. The average molecular weight is 313 g/mol. The zero-order valence-electron chi connectivity index (χ0n) is 13.1. The van der Waals surface area contributed by atoms with Crippen LogP contribution < -0.4 is 0 Å². The van der Waals surface area contributed by atoms with Crippen molar-refractivity contribution in [1.29, 1.82) is 0 Å². The zero-order chi connectivity index (χ0) is 15.1. The van der Waals surface area contributed by atoms with Crippen LogP contribution in [0, 0.1) is 0 Å². The van der Waals surface area contributed by atoms with E-state index in [2.05, 4.69) is 34.0 Å². The highest BCUT2D eigenvalue weighted by Gasteiger charge is 2.14. The zero-order valence-corrected chi connectivity index (χ0v) is 13.9. The van der Waals surface area contributed by atoms with Gasteiger partial charge in [-0.25, -0.2) is 4.98 Å². The van der Waals surface area contributed by atoms with Crippen LogP contribution in [0.4, 0.5) is 0 Å². The molecule has 1 fully saturated rings. The van der Waals surface area contributed by atoms with Gasteiger partial charge in [0.15, 0.2) is 0 Å². The smallest absolute Gasteiger partial charge is 0.0954 e. The molecule has 1 aromatic heterocycles. The van der Waals surface area contributed by atoms with Crippen LogP contribution in [-0.4, -0.2) is 72.4 Å². The number of morpholine rings is 1. The van der Waals surface area contributed by atoms with Crippen LogP contribution >= 0.6 is 11.3 Å². The van der Waals surface area contributed by atoms with Crippen molar-refractivity contribution in [2.75, 3.05) is 52.5 Å². The summed E-state index contributed by atoms with van der Waals surface area (Å²) in [6, 6.07) is 0. The van der Waals surface area contributed by atoms with Crippen LogP contribution in [0.25, 0.3) is 0 Å². The molecule has 6 heteroatoms. The topological polar surface area (TPSA) is 48.8 Å². The summed E-state index contributed by atoms with van der Waals surface area (Å²) in [6.45, 7) is 11.8. The fraction of sp³-hybridized carbons (Fsp3) is 0.800. The van der Waals surface area contributed by atoms with Crippen LogP contribution in [0.5, 0.6) is 0 Å². The Morgan fingerprint density at radius 1 is 1.38 bits per heavy atom. The normalized spacial score (nSPS) is 17.0. The second-order valence-corrected chi connectivity index (χ2v) is 6.68. The molecule has 0 atom stereocenters. The van der Waals surface area contributed by atoms with E-state index in [-0.39, 0.29) is 6.61 Å². The summed E-state index contributed by atoms with van der Waals surface area (Å²) in [5, 5.41) is 12.6. The van der Waals surface area contributed by atoms with E-state index in [4.69, 9.17) is 4.74 Å². The van der Waals surface area contributed by atoms with Gasteiger partial charge in [-0.3, -0.25) is 9.80 Å². The van der Waals surface area contributed by atoms with E-state index in [0.717, 1.165) is 51.6 Å². The molecule has 0 spiro atoms. The fourth-order valence-corrected chi connectivity index (χ4v) is 3.23. The third-order valence-corrected chi connectivity index (χ3v) is 4.90. The molecule has 0 bridgehead atoms. The van der Waals surface area contributed by atoms with Crippen LogP contribution in [0.3, 0.4) is 0 Å². The Kier molecular flexibility index (Phi) is 7.06. The molecule has 1 aliphatic heterocycles. The van der Waals surface area contributed by atoms with Crippen molar-refractivity contribution in [1.82, 2.24) is 14.8 Å². The molecule has 21 heavy (non-hydrogen) atoms. The van der Waals surface area contributed by atoms with Crippen molar-refractivity contribution in [3.63, 3.8) is 0 Å². The number of hydrogen-bond donors (Lipinski definition) is 1. The molecule has 0 aliphatic carbocycles. The van der Waals surface area contributed by atoms with Crippen molar-refractivity contribution in [3.8, 4) is 0 Å².